The molecule has 0 amide bonds. The van der Waals surface area contributed by atoms with Crippen LogP contribution in [0.5, 0.6) is 5.75 Å². The van der Waals surface area contributed by atoms with Crippen LogP contribution < -0.4 is 10.1 Å². The molecule has 0 spiro atoms. The molecule has 0 saturated carbocycles. The minimum Gasteiger partial charge on any atom is -0.496 e. The number of halogens is 2. The third kappa shape index (κ3) is 2.92. The number of nitrogens with zero attached hydrogens (tertiary/aromatic N) is 2. The molecule has 0 bridgehead atoms. The van der Waals surface area contributed by atoms with Crippen molar-refractivity contribution in [1.82, 2.24) is 15.1 Å². The molecule has 0 fully saturated rings. The molecule has 0 aliphatic heterocycles. The van der Waals surface area contributed by atoms with Gasteiger partial charge < -0.3 is 10.1 Å². The van der Waals surface area contributed by atoms with Gasteiger partial charge in [-0.25, -0.2) is 0 Å². The summed E-state index contributed by atoms with van der Waals surface area (Å²) in [6.45, 7) is 2.82. The summed E-state index contributed by atoms with van der Waals surface area (Å²) in [5.41, 5.74) is 1.82. The Kier molecular flexibility index (Phi) is 4.91. The first-order chi connectivity index (χ1) is 9.58. The summed E-state index contributed by atoms with van der Waals surface area (Å²) in [7, 11) is 3.50. The first kappa shape index (κ1) is 15.2. The van der Waals surface area contributed by atoms with E-state index in [1.165, 1.54) is 0 Å². The average Bonchev–Trinajstić information content (AvgIpc) is 2.76. The van der Waals surface area contributed by atoms with Gasteiger partial charge in [0.1, 0.15) is 5.75 Å². The molecule has 108 valence electrons. The van der Waals surface area contributed by atoms with E-state index in [9.17, 15) is 0 Å². The SMILES string of the molecule is CCNC(c1cc(Cl)ccc1OC)c1c(Cl)cnn1C. The number of aromatic nitrogens is 2. The van der Waals surface area contributed by atoms with Crippen LogP contribution in [0.25, 0.3) is 0 Å². The summed E-state index contributed by atoms with van der Waals surface area (Å²) >= 11 is 12.4. The van der Waals surface area contributed by atoms with Gasteiger partial charge in [0.05, 0.1) is 30.1 Å². The lowest BCUT2D eigenvalue weighted by atomic mass is 10.0. The highest BCUT2D eigenvalue weighted by molar-refractivity contribution is 6.31. The van der Waals surface area contributed by atoms with Crippen LogP contribution in [0.2, 0.25) is 10.0 Å². The highest BCUT2D eigenvalue weighted by atomic mass is 35.5. The Labute approximate surface area is 128 Å². The molecule has 20 heavy (non-hydrogen) atoms. The Balaban J connectivity index is 2.57. The number of hydrogen-bond acceptors (Lipinski definition) is 3. The molecule has 2 rings (SSSR count). The van der Waals surface area contributed by atoms with Gasteiger partial charge >= 0.3 is 0 Å². The summed E-state index contributed by atoms with van der Waals surface area (Å²) in [4.78, 5) is 0. The second-order valence-electron chi connectivity index (χ2n) is 4.38. The molecule has 1 heterocycles. The van der Waals surface area contributed by atoms with Gasteiger partial charge in [0, 0.05) is 17.6 Å². The van der Waals surface area contributed by atoms with Crippen molar-refractivity contribution >= 4 is 23.2 Å². The standard InChI is InChI=1S/C14H17Cl2N3O/c1-4-17-13(14-11(16)8-18-19(14)2)10-7-9(15)5-6-12(10)20-3/h5-8,13,17H,4H2,1-3H3. The topological polar surface area (TPSA) is 39.1 Å². The maximum Gasteiger partial charge on any atom is 0.124 e. The number of rotatable bonds is 5. The van der Waals surface area contributed by atoms with E-state index in [-0.39, 0.29) is 6.04 Å². The summed E-state index contributed by atoms with van der Waals surface area (Å²) in [5, 5.41) is 8.86. The van der Waals surface area contributed by atoms with Crippen molar-refractivity contribution in [3.8, 4) is 5.75 Å². The predicted molar refractivity (Wildman–Crippen MR) is 81.7 cm³/mol. The average molecular weight is 314 g/mol. The van der Waals surface area contributed by atoms with Crippen molar-refractivity contribution in [1.29, 1.82) is 0 Å². The molecule has 6 heteroatoms. The summed E-state index contributed by atoms with van der Waals surface area (Å²) in [5.74, 6) is 0.762. The number of nitrogens with one attached hydrogen (secondary N) is 1. The van der Waals surface area contributed by atoms with Crippen molar-refractivity contribution in [2.24, 2.45) is 7.05 Å². The largest absolute Gasteiger partial charge is 0.496 e. The Morgan fingerprint density at radius 2 is 2.15 bits per heavy atom. The first-order valence-electron chi connectivity index (χ1n) is 6.32. The molecule has 1 unspecified atom stereocenters. The van der Waals surface area contributed by atoms with E-state index in [0.717, 1.165) is 23.6 Å². The van der Waals surface area contributed by atoms with Crippen LogP contribution in [-0.4, -0.2) is 23.4 Å². The van der Waals surface area contributed by atoms with E-state index in [1.807, 2.05) is 26.1 Å². The molecule has 1 atom stereocenters. The van der Waals surface area contributed by atoms with Crippen molar-refractivity contribution in [3.05, 3.63) is 45.7 Å². The fourth-order valence-electron chi connectivity index (χ4n) is 2.23. The highest BCUT2D eigenvalue weighted by Crippen LogP contribution is 2.34. The molecule has 1 aromatic heterocycles. The van der Waals surface area contributed by atoms with Gasteiger partial charge in [0.25, 0.3) is 0 Å². The van der Waals surface area contributed by atoms with Crippen LogP contribution in [-0.2, 0) is 7.05 Å². The first-order valence-corrected chi connectivity index (χ1v) is 7.08. The number of benzene rings is 1. The molecule has 0 aliphatic carbocycles. The molecule has 2 aromatic rings. The Bertz CT molecular complexity index is 579. The van der Waals surface area contributed by atoms with Gasteiger partial charge in [-0.05, 0) is 24.7 Å². The molecule has 0 radical (unpaired) electrons. The van der Waals surface area contributed by atoms with Crippen LogP contribution in [0.15, 0.2) is 24.4 Å². The van der Waals surface area contributed by atoms with Crippen LogP contribution in [0.4, 0.5) is 0 Å². The third-order valence-electron chi connectivity index (χ3n) is 3.12. The van der Waals surface area contributed by atoms with Crippen LogP contribution >= 0.6 is 23.2 Å². The summed E-state index contributed by atoms with van der Waals surface area (Å²) in [6.07, 6.45) is 1.64. The lowest BCUT2D eigenvalue weighted by molar-refractivity contribution is 0.403. The van der Waals surface area contributed by atoms with Crippen molar-refractivity contribution in [3.63, 3.8) is 0 Å². The maximum atomic E-state index is 6.26. The highest BCUT2D eigenvalue weighted by Gasteiger charge is 2.23. The van der Waals surface area contributed by atoms with E-state index in [4.69, 9.17) is 27.9 Å². The van der Waals surface area contributed by atoms with Gasteiger partial charge in [0.15, 0.2) is 0 Å². The van der Waals surface area contributed by atoms with Gasteiger partial charge in [-0.3, -0.25) is 4.68 Å². The van der Waals surface area contributed by atoms with Gasteiger partial charge in [0.2, 0.25) is 0 Å². The number of aryl methyl sites for hydroxylation is 1. The number of hydrogen-bond donors (Lipinski definition) is 1. The molecule has 0 aliphatic rings. The minimum atomic E-state index is -0.131. The number of ether oxygens (including phenoxy) is 1. The minimum absolute atomic E-state index is 0.131. The zero-order valence-electron chi connectivity index (χ0n) is 11.7. The van der Waals surface area contributed by atoms with Crippen molar-refractivity contribution < 1.29 is 4.74 Å². The van der Waals surface area contributed by atoms with Gasteiger partial charge in [-0.15, -0.1) is 0 Å². The zero-order valence-corrected chi connectivity index (χ0v) is 13.2. The normalized spacial score (nSPS) is 12.4. The van der Waals surface area contributed by atoms with Crippen LogP contribution in [0.3, 0.4) is 0 Å². The third-order valence-corrected chi connectivity index (χ3v) is 3.65. The summed E-state index contributed by atoms with van der Waals surface area (Å²) in [6, 6.07) is 5.41. The monoisotopic (exact) mass is 313 g/mol. The lowest BCUT2D eigenvalue weighted by Gasteiger charge is -2.21. The van der Waals surface area contributed by atoms with Gasteiger partial charge in [-0.2, -0.15) is 5.10 Å². The van der Waals surface area contributed by atoms with Crippen molar-refractivity contribution in [2.45, 2.75) is 13.0 Å². The molecular formula is C14H17Cl2N3O. The van der Waals surface area contributed by atoms with E-state index in [0.29, 0.717) is 10.0 Å². The van der Waals surface area contributed by atoms with Crippen LogP contribution in [0.1, 0.15) is 24.2 Å². The van der Waals surface area contributed by atoms with Gasteiger partial charge in [-0.1, -0.05) is 30.1 Å². The second kappa shape index (κ2) is 6.48. The molecule has 1 N–H and O–H groups in total. The Morgan fingerprint density at radius 1 is 1.40 bits per heavy atom. The predicted octanol–water partition coefficient (Wildman–Crippen LogP) is 3.43. The smallest absolute Gasteiger partial charge is 0.124 e. The van der Waals surface area contributed by atoms with E-state index in [2.05, 4.69) is 10.4 Å². The molecule has 1 aromatic carbocycles. The zero-order chi connectivity index (χ0) is 14.7. The van der Waals surface area contributed by atoms with Crippen LogP contribution in [0, 0.1) is 0 Å². The van der Waals surface area contributed by atoms with E-state index < -0.39 is 0 Å². The summed E-state index contributed by atoms with van der Waals surface area (Å²) < 4.78 is 7.19. The van der Waals surface area contributed by atoms with E-state index >= 15 is 0 Å². The Hall–Kier alpha value is -1.23. The quantitative estimate of drug-likeness (QED) is 0.919. The Morgan fingerprint density at radius 3 is 2.70 bits per heavy atom. The molecule has 4 nitrogen and oxygen atoms in total. The number of methoxy groups -OCH3 is 1. The van der Waals surface area contributed by atoms with E-state index in [1.54, 1.807) is 24.1 Å². The fourth-order valence-corrected chi connectivity index (χ4v) is 2.69. The van der Waals surface area contributed by atoms with Crippen molar-refractivity contribution in [2.75, 3.05) is 13.7 Å². The molecular weight excluding hydrogens is 297 g/mol. The lowest BCUT2D eigenvalue weighted by Crippen LogP contribution is -2.25. The molecule has 0 saturated heterocycles. The second-order valence-corrected chi connectivity index (χ2v) is 5.22. The fraction of sp³-hybridized carbons (Fsp3) is 0.357. The maximum absolute atomic E-state index is 6.26.